The van der Waals surface area contributed by atoms with E-state index in [0.717, 1.165) is 29.4 Å². The van der Waals surface area contributed by atoms with Crippen molar-refractivity contribution in [3.63, 3.8) is 0 Å². The molecule has 0 saturated carbocycles. The molecular weight excluding hydrogens is 412 g/mol. The Labute approximate surface area is 154 Å². The van der Waals surface area contributed by atoms with Gasteiger partial charge in [-0.1, -0.05) is 0 Å². The lowest BCUT2D eigenvalue weighted by Crippen LogP contribution is -2.41. The molecule has 1 heterocycles. The van der Waals surface area contributed by atoms with E-state index in [0.29, 0.717) is 25.6 Å². The molecule has 0 spiro atoms. The third kappa shape index (κ3) is 6.14. The zero-order valence-electron chi connectivity index (χ0n) is 13.8. The van der Waals surface area contributed by atoms with Crippen LogP contribution in [0.25, 0.3) is 0 Å². The summed E-state index contributed by atoms with van der Waals surface area (Å²) in [6.45, 7) is 8.10. The summed E-state index contributed by atoms with van der Waals surface area (Å²) in [6.07, 6.45) is 0.620. The molecule has 0 saturated heterocycles. The van der Waals surface area contributed by atoms with Crippen molar-refractivity contribution in [1.29, 1.82) is 0 Å². The molecule has 1 aromatic rings. The highest BCUT2D eigenvalue weighted by Crippen LogP contribution is 2.29. The molecule has 0 bridgehead atoms. The lowest BCUT2D eigenvalue weighted by Gasteiger charge is -2.20. The van der Waals surface area contributed by atoms with E-state index in [9.17, 15) is 4.39 Å². The van der Waals surface area contributed by atoms with Crippen LogP contribution in [0.5, 0.6) is 5.75 Å². The molecule has 0 amide bonds. The highest BCUT2D eigenvalue weighted by atomic mass is 127. The largest absolute Gasteiger partial charge is 0.467 e. The lowest BCUT2D eigenvalue weighted by atomic mass is 10.1. The number of rotatable bonds is 5. The van der Waals surface area contributed by atoms with Gasteiger partial charge in [0.1, 0.15) is 11.6 Å². The molecule has 0 aromatic heterocycles. The van der Waals surface area contributed by atoms with Crippen molar-refractivity contribution in [3.05, 3.63) is 29.1 Å². The monoisotopic (exact) mass is 437 g/mol. The number of fused-ring (bicyclic) bond motifs is 1. The van der Waals surface area contributed by atoms with Gasteiger partial charge in [0, 0.05) is 24.7 Å². The van der Waals surface area contributed by atoms with Crippen LogP contribution in [0.3, 0.4) is 0 Å². The Balaban J connectivity index is 0.00000264. The minimum absolute atomic E-state index is 0. The topological polar surface area (TPSA) is 54.9 Å². The Kier molecular flexibility index (Phi) is 8.60. The Morgan fingerprint density at radius 3 is 2.87 bits per heavy atom. The molecule has 0 fully saturated rings. The molecule has 2 rings (SSSR count). The van der Waals surface area contributed by atoms with Crippen molar-refractivity contribution in [1.82, 2.24) is 10.6 Å². The van der Waals surface area contributed by atoms with Crippen molar-refractivity contribution >= 4 is 29.9 Å². The van der Waals surface area contributed by atoms with Crippen LogP contribution in [0.1, 0.15) is 31.9 Å². The predicted molar refractivity (Wildman–Crippen MR) is 100 cm³/mol. The Morgan fingerprint density at radius 2 is 2.17 bits per heavy atom. The standard InChI is InChI=1S/C16H24FN3O2.HI/c1-4-18-16(20-11(2)3)19-6-5-12-7-14(17)8-13-9-21-10-22-15(12)13;/h7-8,11H,4-6,9-10H2,1-3H3,(H2,18,19,20);1H. The van der Waals surface area contributed by atoms with Gasteiger partial charge in [0.05, 0.1) is 6.61 Å². The van der Waals surface area contributed by atoms with Gasteiger partial charge >= 0.3 is 0 Å². The molecule has 130 valence electrons. The van der Waals surface area contributed by atoms with Crippen LogP contribution in [0, 0.1) is 5.82 Å². The average Bonchev–Trinajstić information content (AvgIpc) is 2.46. The zero-order chi connectivity index (χ0) is 15.9. The van der Waals surface area contributed by atoms with Crippen LogP contribution in [-0.2, 0) is 17.8 Å². The lowest BCUT2D eigenvalue weighted by molar-refractivity contribution is -0.0172. The highest BCUT2D eigenvalue weighted by molar-refractivity contribution is 14.0. The average molecular weight is 437 g/mol. The molecule has 0 unspecified atom stereocenters. The molecule has 1 aromatic carbocycles. The fourth-order valence-electron chi connectivity index (χ4n) is 2.32. The number of hydrogen-bond acceptors (Lipinski definition) is 3. The van der Waals surface area contributed by atoms with Gasteiger partial charge < -0.3 is 20.1 Å². The van der Waals surface area contributed by atoms with Gasteiger partial charge in [-0.25, -0.2) is 4.39 Å². The summed E-state index contributed by atoms with van der Waals surface area (Å²) in [5.74, 6) is 1.25. The Bertz CT molecular complexity index is 538. The molecule has 5 nitrogen and oxygen atoms in total. The number of hydrogen-bond donors (Lipinski definition) is 2. The van der Waals surface area contributed by atoms with Crippen LogP contribution >= 0.6 is 24.0 Å². The van der Waals surface area contributed by atoms with Gasteiger partial charge in [0.2, 0.25) is 0 Å². The van der Waals surface area contributed by atoms with E-state index in [1.807, 2.05) is 6.92 Å². The van der Waals surface area contributed by atoms with E-state index < -0.39 is 0 Å². The summed E-state index contributed by atoms with van der Waals surface area (Å²) in [7, 11) is 0. The molecule has 1 aliphatic rings. The predicted octanol–water partition coefficient (Wildman–Crippen LogP) is 2.82. The second kappa shape index (κ2) is 9.92. The third-order valence-electron chi connectivity index (χ3n) is 3.17. The Morgan fingerprint density at radius 1 is 1.39 bits per heavy atom. The number of guanidine groups is 1. The number of nitrogens with one attached hydrogen (secondary N) is 2. The van der Waals surface area contributed by atoms with Gasteiger partial charge in [-0.3, -0.25) is 4.99 Å². The van der Waals surface area contributed by atoms with Crippen molar-refractivity contribution in [2.45, 2.75) is 39.8 Å². The number of aliphatic imine (C=N–C) groups is 1. The molecule has 2 N–H and O–H groups in total. The number of benzene rings is 1. The van der Waals surface area contributed by atoms with Crippen LogP contribution in [-0.4, -0.2) is 31.9 Å². The van der Waals surface area contributed by atoms with Crippen LogP contribution < -0.4 is 15.4 Å². The van der Waals surface area contributed by atoms with Gasteiger partial charge in [0.15, 0.2) is 12.8 Å². The molecule has 7 heteroatoms. The molecule has 23 heavy (non-hydrogen) atoms. The van der Waals surface area contributed by atoms with E-state index in [1.54, 1.807) is 0 Å². The minimum atomic E-state index is -0.265. The second-order valence-corrected chi connectivity index (χ2v) is 5.47. The first-order chi connectivity index (χ1) is 10.6. The van der Waals surface area contributed by atoms with Crippen molar-refractivity contribution in [2.24, 2.45) is 4.99 Å². The van der Waals surface area contributed by atoms with Gasteiger partial charge in [-0.05, 0) is 44.9 Å². The number of nitrogens with zero attached hydrogens (tertiary/aromatic N) is 1. The maximum Gasteiger partial charge on any atom is 0.191 e. The highest BCUT2D eigenvalue weighted by Gasteiger charge is 2.16. The molecule has 0 aliphatic carbocycles. The fourth-order valence-corrected chi connectivity index (χ4v) is 2.32. The first-order valence-corrected chi connectivity index (χ1v) is 7.66. The van der Waals surface area contributed by atoms with Gasteiger partial charge in [0.25, 0.3) is 0 Å². The van der Waals surface area contributed by atoms with Crippen LogP contribution in [0.15, 0.2) is 17.1 Å². The van der Waals surface area contributed by atoms with E-state index in [1.165, 1.54) is 12.1 Å². The summed E-state index contributed by atoms with van der Waals surface area (Å²) < 4.78 is 24.4. The van der Waals surface area contributed by atoms with Gasteiger partial charge in [-0.15, -0.1) is 24.0 Å². The zero-order valence-corrected chi connectivity index (χ0v) is 16.1. The van der Waals surface area contributed by atoms with E-state index in [-0.39, 0.29) is 36.6 Å². The summed E-state index contributed by atoms with van der Waals surface area (Å²) in [6, 6.07) is 3.29. The first kappa shape index (κ1) is 20.0. The van der Waals surface area contributed by atoms with Crippen molar-refractivity contribution < 1.29 is 13.9 Å². The summed E-state index contributed by atoms with van der Waals surface area (Å²) in [4.78, 5) is 4.51. The quantitative estimate of drug-likeness (QED) is 0.423. The SMILES string of the molecule is CCNC(=NCCc1cc(F)cc2c1OCOC2)NC(C)C.I. The summed E-state index contributed by atoms with van der Waals surface area (Å²) in [5.41, 5.74) is 1.60. The fraction of sp³-hybridized carbons (Fsp3) is 0.562. The van der Waals surface area contributed by atoms with E-state index in [4.69, 9.17) is 9.47 Å². The van der Waals surface area contributed by atoms with Crippen LogP contribution in [0.2, 0.25) is 0 Å². The normalized spacial score (nSPS) is 13.9. The number of ether oxygens (including phenoxy) is 2. The van der Waals surface area contributed by atoms with E-state index in [2.05, 4.69) is 29.5 Å². The number of halogens is 2. The summed E-state index contributed by atoms with van der Waals surface area (Å²) >= 11 is 0. The maximum atomic E-state index is 13.7. The Hall–Kier alpha value is -1.09. The molecule has 0 radical (unpaired) electrons. The molecule has 0 atom stereocenters. The van der Waals surface area contributed by atoms with Crippen LogP contribution in [0.4, 0.5) is 4.39 Å². The maximum absolute atomic E-state index is 13.7. The molecular formula is C16H25FIN3O2. The molecule has 1 aliphatic heterocycles. The first-order valence-electron chi connectivity index (χ1n) is 7.66. The second-order valence-electron chi connectivity index (χ2n) is 5.47. The van der Waals surface area contributed by atoms with E-state index >= 15 is 0 Å². The minimum Gasteiger partial charge on any atom is -0.467 e. The summed E-state index contributed by atoms with van der Waals surface area (Å²) in [5, 5.41) is 6.44. The smallest absolute Gasteiger partial charge is 0.191 e. The van der Waals surface area contributed by atoms with Gasteiger partial charge in [-0.2, -0.15) is 0 Å². The van der Waals surface area contributed by atoms with Crippen molar-refractivity contribution in [2.75, 3.05) is 19.9 Å². The third-order valence-corrected chi connectivity index (χ3v) is 3.17. The van der Waals surface area contributed by atoms with Crippen molar-refractivity contribution in [3.8, 4) is 5.75 Å².